The third kappa shape index (κ3) is 3.67. The van der Waals surface area contributed by atoms with Crippen LogP contribution in [0, 0.1) is 5.82 Å². The van der Waals surface area contributed by atoms with Gasteiger partial charge in [-0.3, -0.25) is 14.4 Å². The molecule has 2 amide bonds. The minimum atomic E-state index is -0.730. The first kappa shape index (κ1) is 12.8. The summed E-state index contributed by atoms with van der Waals surface area (Å²) in [5, 5.41) is 2.19. The van der Waals surface area contributed by atoms with Crippen molar-refractivity contribution < 1.29 is 18.8 Å². The van der Waals surface area contributed by atoms with E-state index in [0.29, 0.717) is 0 Å². The molecule has 0 aliphatic carbocycles. The Hall–Kier alpha value is -2.24. The summed E-state index contributed by atoms with van der Waals surface area (Å²) in [6, 6.07) is 3.34. The molecule has 90 valence electrons. The Bertz CT molecular complexity index is 486. The Kier molecular flexibility index (Phi) is 3.92. The zero-order valence-corrected chi connectivity index (χ0v) is 9.12. The molecule has 6 heteroatoms. The standard InChI is InChI=1S/C11H11FN2O3/c1-6(15)4-10(16)14-9-5-7(11(13)17)2-3-8(9)12/h2-3,5H,4H2,1H3,(H2,13,17)(H,14,16). The summed E-state index contributed by atoms with van der Waals surface area (Å²) in [6.07, 6.45) is -0.347. The molecule has 0 aliphatic rings. The van der Waals surface area contributed by atoms with Crippen molar-refractivity contribution in [1.29, 1.82) is 0 Å². The SMILES string of the molecule is CC(=O)CC(=O)Nc1cc(C(N)=O)ccc1F. The first-order chi connectivity index (χ1) is 7.90. The molecule has 0 saturated carbocycles. The Morgan fingerprint density at radius 3 is 2.53 bits per heavy atom. The molecule has 1 aromatic rings. The number of Topliss-reactive ketones (excluding diaryl/α,β-unsaturated/α-hetero) is 1. The van der Waals surface area contributed by atoms with Gasteiger partial charge in [-0.1, -0.05) is 0 Å². The van der Waals surface area contributed by atoms with E-state index in [1.165, 1.54) is 13.0 Å². The second kappa shape index (κ2) is 5.20. The maximum atomic E-state index is 13.3. The number of ketones is 1. The highest BCUT2D eigenvalue weighted by Gasteiger charge is 2.11. The summed E-state index contributed by atoms with van der Waals surface area (Å²) in [4.78, 5) is 32.8. The molecule has 5 nitrogen and oxygen atoms in total. The first-order valence-electron chi connectivity index (χ1n) is 4.79. The lowest BCUT2D eigenvalue weighted by atomic mass is 10.2. The molecule has 1 aromatic carbocycles. The number of rotatable bonds is 4. The number of hydrogen-bond donors (Lipinski definition) is 2. The van der Waals surface area contributed by atoms with Crippen molar-refractivity contribution in [2.75, 3.05) is 5.32 Å². The molecule has 0 radical (unpaired) electrons. The third-order valence-electron chi connectivity index (χ3n) is 1.93. The van der Waals surface area contributed by atoms with Crippen molar-refractivity contribution in [1.82, 2.24) is 0 Å². The van der Waals surface area contributed by atoms with Gasteiger partial charge in [-0.15, -0.1) is 0 Å². The molecule has 0 fully saturated rings. The van der Waals surface area contributed by atoms with Crippen LogP contribution in [0.1, 0.15) is 23.7 Å². The van der Waals surface area contributed by atoms with Gasteiger partial charge < -0.3 is 11.1 Å². The van der Waals surface area contributed by atoms with Crippen LogP contribution in [0.2, 0.25) is 0 Å². The van der Waals surface area contributed by atoms with Crippen molar-refractivity contribution in [3.8, 4) is 0 Å². The maximum absolute atomic E-state index is 13.3. The highest BCUT2D eigenvalue weighted by atomic mass is 19.1. The summed E-state index contributed by atoms with van der Waals surface area (Å²) in [5.41, 5.74) is 4.92. The zero-order chi connectivity index (χ0) is 13.0. The van der Waals surface area contributed by atoms with Crippen molar-refractivity contribution >= 4 is 23.3 Å². The molecule has 0 bridgehead atoms. The Morgan fingerprint density at radius 1 is 1.35 bits per heavy atom. The number of carbonyl (C=O) groups is 3. The molecular weight excluding hydrogens is 227 g/mol. The van der Waals surface area contributed by atoms with E-state index < -0.39 is 17.6 Å². The van der Waals surface area contributed by atoms with Crippen LogP contribution < -0.4 is 11.1 Å². The van der Waals surface area contributed by atoms with Gasteiger partial charge in [0.1, 0.15) is 11.6 Å². The van der Waals surface area contributed by atoms with Gasteiger partial charge in [-0.25, -0.2) is 4.39 Å². The fraction of sp³-hybridized carbons (Fsp3) is 0.182. The minimum absolute atomic E-state index is 0.0736. The molecule has 0 aromatic heterocycles. The summed E-state index contributed by atoms with van der Waals surface area (Å²) >= 11 is 0. The monoisotopic (exact) mass is 238 g/mol. The van der Waals surface area contributed by atoms with E-state index >= 15 is 0 Å². The van der Waals surface area contributed by atoms with Crippen LogP contribution >= 0.6 is 0 Å². The normalized spacial score (nSPS) is 9.76. The topological polar surface area (TPSA) is 89.3 Å². The number of halogens is 1. The molecule has 0 unspecified atom stereocenters. The van der Waals surface area contributed by atoms with Crippen LogP contribution in [0.5, 0.6) is 0 Å². The summed E-state index contributed by atoms with van der Waals surface area (Å²) in [6.45, 7) is 1.25. The van der Waals surface area contributed by atoms with Crippen molar-refractivity contribution in [2.45, 2.75) is 13.3 Å². The number of nitrogens with two attached hydrogens (primary N) is 1. The van der Waals surface area contributed by atoms with E-state index in [-0.39, 0.29) is 23.5 Å². The van der Waals surface area contributed by atoms with Gasteiger partial charge in [0.25, 0.3) is 0 Å². The van der Waals surface area contributed by atoms with Crippen molar-refractivity contribution in [3.63, 3.8) is 0 Å². The number of amides is 2. The first-order valence-corrected chi connectivity index (χ1v) is 4.79. The summed E-state index contributed by atoms with van der Waals surface area (Å²) < 4.78 is 13.3. The fourth-order valence-electron chi connectivity index (χ4n) is 1.19. The molecule has 1 rings (SSSR count). The van der Waals surface area contributed by atoms with Crippen LogP contribution in [0.15, 0.2) is 18.2 Å². The number of anilines is 1. The number of primary amides is 1. The second-order valence-electron chi connectivity index (χ2n) is 3.49. The lowest BCUT2D eigenvalue weighted by molar-refractivity contribution is -0.124. The number of hydrogen-bond acceptors (Lipinski definition) is 3. The largest absolute Gasteiger partial charge is 0.366 e. The van der Waals surface area contributed by atoms with E-state index in [1.54, 1.807) is 0 Å². The highest BCUT2D eigenvalue weighted by Crippen LogP contribution is 2.16. The molecule has 3 N–H and O–H groups in total. The van der Waals surface area contributed by atoms with Gasteiger partial charge >= 0.3 is 0 Å². The minimum Gasteiger partial charge on any atom is -0.366 e. The smallest absolute Gasteiger partial charge is 0.248 e. The lowest BCUT2D eigenvalue weighted by Gasteiger charge is -2.06. The number of carbonyl (C=O) groups excluding carboxylic acids is 3. The summed E-state index contributed by atoms with van der Waals surface area (Å²) in [5.74, 6) is -2.41. The maximum Gasteiger partial charge on any atom is 0.248 e. The molecule has 0 aliphatic heterocycles. The average Bonchev–Trinajstić information content (AvgIpc) is 2.19. The second-order valence-corrected chi connectivity index (χ2v) is 3.49. The van der Waals surface area contributed by atoms with E-state index in [2.05, 4.69) is 5.32 Å². The predicted molar refractivity (Wildman–Crippen MR) is 58.8 cm³/mol. The van der Waals surface area contributed by atoms with Crippen LogP contribution in [-0.4, -0.2) is 17.6 Å². The quantitative estimate of drug-likeness (QED) is 0.762. The fourth-order valence-corrected chi connectivity index (χ4v) is 1.19. The lowest BCUT2D eigenvalue weighted by Crippen LogP contribution is -2.17. The molecule has 0 spiro atoms. The molecule has 0 heterocycles. The van der Waals surface area contributed by atoms with Gasteiger partial charge in [-0.05, 0) is 25.1 Å². The van der Waals surface area contributed by atoms with Gasteiger partial charge in [0, 0.05) is 5.56 Å². The Morgan fingerprint density at radius 2 is 2.00 bits per heavy atom. The van der Waals surface area contributed by atoms with Crippen molar-refractivity contribution in [3.05, 3.63) is 29.6 Å². The Labute approximate surface area is 96.8 Å². The van der Waals surface area contributed by atoms with Crippen LogP contribution in [0.4, 0.5) is 10.1 Å². The molecule has 0 atom stereocenters. The zero-order valence-electron chi connectivity index (χ0n) is 9.12. The summed E-state index contributed by atoms with van der Waals surface area (Å²) in [7, 11) is 0. The average molecular weight is 238 g/mol. The Balaban J connectivity index is 2.90. The highest BCUT2D eigenvalue weighted by molar-refractivity contribution is 6.04. The van der Waals surface area contributed by atoms with Crippen LogP contribution in [0.3, 0.4) is 0 Å². The molecular formula is C11H11FN2O3. The van der Waals surface area contributed by atoms with Gasteiger partial charge in [0.15, 0.2) is 0 Å². The van der Waals surface area contributed by atoms with Crippen LogP contribution in [0.25, 0.3) is 0 Å². The molecule has 17 heavy (non-hydrogen) atoms. The number of benzene rings is 1. The van der Waals surface area contributed by atoms with Crippen molar-refractivity contribution in [2.24, 2.45) is 5.73 Å². The van der Waals surface area contributed by atoms with E-state index in [4.69, 9.17) is 5.73 Å². The van der Waals surface area contributed by atoms with E-state index in [0.717, 1.165) is 12.1 Å². The predicted octanol–water partition coefficient (Wildman–Crippen LogP) is 0.842. The van der Waals surface area contributed by atoms with Gasteiger partial charge in [-0.2, -0.15) is 0 Å². The van der Waals surface area contributed by atoms with Gasteiger partial charge in [0.2, 0.25) is 11.8 Å². The van der Waals surface area contributed by atoms with E-state index in [1.807, 2.05) is 0 Å². The number of nitrogens with one attached hydrogen (secondary N) is 1. The molecule has 0 saturated heterocycles. The van der Waals surface area contributed by atoms with E-state index in [9.17, 15) is 18.8 Å². The third-order valence-corrected chi connectivity index (χ3v) is 1.93. The van der Waals surface area contributed by atoms with Gasteiger partial charge in [0.05, 0.1) is 12.1 Å². The van der Waals surface area contributed by atoms with Crippen LogP contribution in [-0.2, 0) is 9.59 Å².